The van der Waals surface area contributed by atoms with Crippen molar-refractivity contribution in [2.45, 2.75) is 45.8 Å². The fraction of sp³-hybridized carbons (Fsp3) is 0.421. The number of benzene rings is 1. The molecule has 0 radical (unpaired) electrons. The van der Waals surface area contributed by atoms with Crippen LogP contribution in [0, 0.1) is 5.92 Å². The van der Waals surface area contributed by atoms with Crippen molar-refractivity contribution in [1.29, 1.82) is 0 Å². The van der Waals surface area contributed by atoms with E-state index in [1.807, 2.05) is 57.2 Å². The smallest absolute Gasteiger partial charge is 0.408 e. The molecular formula is C19H27NO2. The highest BCUT2D eigenvalue weighted by Gasteiger charge is 2.25. The molecule has 22 heavy (non-hydrogen) atoms. The predicted molar refractivity (Wildman–Crippen MR) is 91.7 cm³/mol. The van der Waals surface area contributed by atoms with Crippen molar-refractivity contribution in [3.05, 3.63) is 60.7 Å². The van der Waals surface area contributed by atoms with Crippen LogP contribution < -0.4 is 5.32 Å². The predicted octanol–water partition coefficient (Wildman–Crippen LogP) is 5.02. The molecule has 3 nitrogen and oxygen atoms in total. The Bertz CT molecular complexity index is 514. The summed E-state index contributed by atoms with van der Waals surface area (Å²) < 4.78 is 5.38. The first kappa shape index (κ1) is 18.0. The van der Waals surface area contributed by atoms with Crippen molar-refractivity contribution < 1.29 is 9.53 Å². The van der Waals surface area contributed by atoms with Gasteiger partial charge in [-0.3, -0.25) is 0 Å². The van der Waals surface area contributed by atoms with Crippen LogP contribution in [0.3, 0.4) is 0 Å². The van der Waals surface area contributed by atoms with Gasteiger partial charge < -0.3 is 10.1 Å². The molecule has 1 aromatic carbocycles. The van der Waals surface area contributed by atoms with Crippen LogP contribution in [0.1, 0.15) is 45.7 Å². The number of allylic oxidation sites excluding steroid dienone is 1. The summed E-state index contributed by atoms with van der Waals surface area (Å²) in [5.74, 6) is 0.0768. The molecule has 0 aliphatic carbocycles. The monoisotopic (exact) mass is 301 g/mol. The van der Waals surface area contributed by atoms with E-state index in [-0.39, 0.29) is 12.0 Å². The molecule has 1 aromatic rings. The van der Waals surface area contributed by atoms with Crippen LogP contribution in [0.2, 0.25) is 0 Å². The topological polar surface area (TPSA) is 38.3 Å². The van der Waals surface area contributed by atoms with Crippen LogP contribution in [0.5, 0.6) is 0 Å². The Morgan fingerprint density at radius 2 is 1.91 bits per heavy atom. The van der Waals surface area contributed by atoms with Gasteiger partial charge in [-0.05, 0) is 32.8 Å². The van der Waals surface area contributed by atoms with Crippen molar-refractivity contribution in [2.24, 2.45) is 5.92 Å². The number of amides is 1. The van der Waals surface area contributed by atoms with E-state index >= 15 is 0 Å². The number of nitrogens with one attached hydrogen (secondary N) is 1. The summed E-state index contributed by atoms with van der Waals surface area (Å²) in [4.78, 5) is 12.1. The summed E-state index contributed by atoms with van der Waals surface area (Å²) in [5.41, 5.74) is 1.54. The van der Waals surface area contributed by atoms with Crippen LogP contribution in [-0.2, 0) is 4.74 Å². The maximum Gasteiger partial charge on any atom is 0.408 e. The number of alkyl carbamates (subject to hydrolysis) is 1. The highest BCUT2D eigenvalue weighted by atomic mass is 16.6. The first-order valence-electron chi connectivity index (χ1n) is 7.57. The van der Waals surface area contributed by atoms with Gasteiger partial charge in [-0.2, -0.15) is 0 Å². The van der Waals surface area contributed by atoms with Gasteiger partial charge in [-0.25, -0.2) is 4.79 Å². The van der Waals surface area contributed by atoms with Crippen molar-refractivity contribution in [1.82, 2.24) is 5.32 Å². The van der Waals surface area contributed by atoms with Crippen LogP contribution in [0.15, 0.2) is 55.1 Å². The Labute approximate surface area is 134 Å². The second kappa shape index (κ2) is 7.83. The molecule has 0 unspecified atom stereocenters. The molecule has 0 aliphatic rings. The zero-order valence-electron chi connectivity index (χ0n) is 14.1. The van der Waals surface area contributed by atoms with E-state index in [1.54, 1.807) is 0 Å². The minimum atomic E-state index is -0.521. The number of hydrogen-bond donors (Lipinski definition) is 1. The summed E-state index contributed by atoms with van der Waals surface area (Å²) in [5, 5.41) is 2.97. The summed E-state index contributed by atoms with van der Waals surface area (Å²) >= 11 is 0. The molecule has 0 bridgehead atoms. The minimum Gasteiger partial charge on any atom is -0.444 e. The maximum absolute atomic E-state index is 12.1. The molecule has 3 heteroatoms. The quantitative estimate of drug-likeness (QED) is 0.749. The number of ether oxygens (including phenoxy) is 1. The first-order chi connectivity index (χ1) is 10.2. The van der Waals surface area contributed by atoms with E-state index in [4.69, 9.17) is 4.74 Å². The van der Waals surface area contributed by atoms with E-state index in [2.05, 4.69) is 25.4 Å². The fourth-order valence-corrected chi connectivity index (χ4v) is 2.20. The van der Waals surface area contributed by atoms with Gasteiger partial charge in [0.15, 0.2) is 0 Å². The summed E-state index contributed by atoms with van der Waals surface area (Å²) in [6.45, 7) is 15.5. The zero-order chi connectivity index (χ0) is 16.8. The first-order valence-corrected chi connectivity index (χ1v) is 7.57. The third-order valence-corrected chi connectivity index (χ3v) is 3.38. The highest BCUT2D eigenvalue weighted by Crippen LogP contribution is 2.29. The van der Waals surface area contributed by atoms with Crippen molar-refractivity contribution >= 4 is 6.09 Å². The second-order valence-electron chi connectivity index (χ2n) is 6.47. The third kappa shape index (κ3) is 5.76. The lowest BCUT2D eigenvalue weighted by molar-refractivity contribution is 0.0492. The van der Waals surface area contributed by atoms with Gasteiger partial charge >= 0.3 is 6.09 Å². The molecule has 1 N–H and O–H groups in total. The molecule has 1 amide bonds. The molecule has 0 spiro atoms. The minimum absolute atomic E-state index is 0.0768. The largest absolute Gasteiger partial charge is 0.444 e. The number of carbonyl (C=O) groups is 1. The van der Waals surface area contributed by atoms with Gasteiger partial charge in [-0.1, -0.05) is 55.5 Å². The molecule has 0 saturated heterocycles. The summed E-state index contributed by atoms with van der Waals surface area (Å²) in [6.07, 6.45) is 2.13. The van der Waals surface area contributed by atoms with Crippen molar-refractivity contribution in [2.75, 3.05) is 0 Å². The fourth-order valence-electron chi connectivity index (χ4n) is 2.20. The van der Waals surface area contributed by atoms with Gasteiger partial charge in [0.2, 0.25) is 0 Å². The average molecular weight is 301 g/mol. The Hall–Kier alpha value is -2.03. The average Bonchev–Trinajstić information content (AvgIpc) is 2.43. The van der Waals surface area contributed by atoms with Crippen LogP contribution in [0.25, 0.3) is 0 Å². The van der Waals surface area contributed by atoms with E-state index in [1.165, 1.54) is 0 Å². The molecule has 0 aliphatic heterocycles. The van der Waals surface area contributed by atoms with Crippen LogP contribution in [0.4, 0.5) is 4.79 Å². The SMILES string of the molecule is C=CCC(=C)[C@H](C)[C@H](NC(=O)OC(C)(C)C)c1ccccc1. The van der Waals surface area contributed by atoms with Gasteiger partial charge in [0.25, 0.3) is 0 Å². The van der Waals surface area contributed by atoms with Crippen LogP contribution >= 0.6 is 0 Å². The molecule has 2 atom stereocenters. The summed E-state index contributed by atoms with van der Waals surface area (Å²) in [7, 11) is 0. The maximum atomic E-state index is 12.1. The van der Waals surface area contributed by atoms with Gasteiger partial charge in [0.1, 0.15) is 5.60 Å². The van der Waals surface area contributed by atoms with Gasteiger partial charge in [0.05, 0.1) is 6.04 Å². The van der Waals surface area contributed by atoms with Crippen molar-refractivity contribution in [3.8, 4) is 0 Å². The molecule has 0 saturated carbocycles. The molecule has 0 fully saturated rings. The molecule has 0 heterocycles. The van der Waals surface area contributed by atoms with E-state index in [9.17, 15) is 4.79 Å². The zero-order valence-corrected chi connectivity index (χ0v) is 14.1. The lowest BCUT2D eigenvalue weighted by Crippen LogP contribution is -2.37. The second-order valence-corrected chi connectivity index (χ2v) is 6.47. The van der Waals surface area contributed by atoms with Gasteiger partial charge in [0, 0.05) is 5.92 Å². The van der Waals surface area contributed by atoms with Gasteiger partial charge in [-0.15, -0.1) is 6.58 Å². The lowest BCUT2D eigenvalue weighted by Gasteiger charge is -2.28. The molecule has 1 rings (SSSR count). The van der Waals surface area contributed by atoms with Crippen molar-refractivity contribution in [3.63, 3.8) is 0 Å². The standard InChI is InChI=1S/C19H27NO2/c1-7-11-14(2)15(3)17(16-12-9-8-10-13-16)20-18(21)22-19(4,5)6/h7-10,12-13,15,17H,1-2,11H2,3-6H3,(H,20,21)/t15-,17-/m0/s1. The molecule has 0 aromatic heterocycles. The van der Waals surface area contributed by atoms with Crippen LogP contribution in [-0.4, -0.2) is 11.7 Å². The van der Waals surface area contributed by atoms with E-state index in [0.29, 0.717) is 0 Å². The number of rotatable bonds is 6. The number of carbonyl (C=O) groups excluding carboxylic acids is 1. The van der Waals surface area contributed by atoms with E-state index < -0.39 is 11.7 Å². The summed E-state index contributed by atoms with van der Waals surface area (Å²) in [6, 6.07) is 9.70. The third-order valence-electron chi connectivity index (χ3n) is 3.38. The Morgan fingerprint density at radius 1 is 1.32 bits per heavy atom. The molecule has 120 valence electrons. The normalized spacial score (nSPS) is 13.8. The van der Waals surface area contributed by atoms with E-state index in [0.717, 1.165) is 17.6 Å². The Morgan fingerprint density at radius 3 is 2.41 bits per heavy atom. The molecular weight excluding hydrogens is 274 g/mol. The highest BCUT2D eigenvalue weighted by molar-refractivity contribution is 5.68. The Balaban J connectivity index is 2.95. The number of hydrogen-bond acceptors (Lipinski definition) is 2. The lowest BCUT2D eigenvalue weighted by atomic mass is 9.87. The Kier molecular flexibility index (Phi) is 6.41.